The molecule has 1 aliphatic rings. The van der Waals surface area contributed by atoms with Crippen LogP contribution in [0.5, 0.6) is 0 Å². The van der Waals surface area contributed by atoms with Crippen molar-refractivity contribution in [2.24, 2.45) is 4.99 Å². The molecule has 0 spiro atoms. The highest BCUT2D eigenvalue weighted by Crippen LogP contribution is 2.09. The molecule has 3 heterocycles. The predicted molar refractivity (Wildman–Crippen MR) is 121 cm³/mol. The van der Waals surface area contributed by atoms with Crippen molar-refractivity contribution in [1.82, 2.24) is 25.1 Å². The second-order valence-electron chi connectivity index (χ2n) is 6.95. The lowest BCUT2D eigenvalue weighted by Crippen LogP contribution is -2.52. The Hall–Kier alpha value is -3.21. The molecule has 2 aromatic heterocycles. The van der Waals surface area contributed by atoms with E-state index in [1.807, 2.05) is 36.9 Å². The SMILES string of the molecule is CCOC(=O)N1CCN(/C(=N\C(=S)NCc2ccco2)Nc2nc(C)cc(C)n2)CC1. The van der Waals surface area contributed by atoms with Crippen molar-refractivity contribution in [1.29, 1.82) is 0 Å². The summed E-state index contributed by atoms with van der Waals surface area (Å²) in [6.07, 6.45) is 1.30. The zero-order valence-electron chi connectivity index (χ0n) is 17.9. The van der Waals surface area contributed by atoms with Gasteiger partial charge in [0.25, 0.3) is 0 Å². The molecule has 10 nitrogen and oxygen atoms in total. The van der Waals surface area contributed by atoms with Gasteiger partial charge in [-0.1, -0.05) is 0 Å². The number of anilines is 1. The van der Waals surface area contributed by atoms with Gasteiger partial charge in [-0.05, 0) is 51.2 Å². The lowest BCUT2D eigenvalue weighted by Gasteiger charge is -2.35. The number of aryl methyl sites for hydroxylation is 2. The van der Waals surface area contributed by atoms with E-state index in [-0.39, 0.29) is 6.09 Å². The number of ether oxygens (including phenoxy) is 1. The van der Waals surface area contributed by atoms with Crippen molar-refractivity contribution in [3.05, 3.63) is 41.6 Å². The first-order valence-corrected chi connectivity index (χ1v) is 10.5. The van der Waals surface area contributed by atoms with E-state index in [2.05, 4.69) is 25.6 Å². The molecule has 11 heteroatoms. The monoisotopic (exact) mass is 445 g/mol. The van der Waals surface area contributed by atoms with Gasteiger partial charge in [-0.25, -0.2) is 14.8 Å². The average molecular weight is 446 g/mol. The molecule has 0 atom stereocenters. The number of piperazine rings is 1. The molecule has 1 amide bonds. The fraction of sp³-hybridized carbons (Fsp3) is 0.450. The van der Waals surface area contributed by atoms with E-state index in [1.165, 1.54) is 0 Å². The van der Waals surface area contributed by atoms with Gasteiger partial charge >= 0.3 is 6.09 Å². The predicted octanol–water partition coefficient (Wildman–Crippen LogP) is 2.30. The molecule has 1 saturated heterocycles. The van der Waals surface area contributed by atoms with Crippen molar-refractivity contribution in [2.45, 2.75) is 27.3 Å². The molecule has 3 rings (SSSR count). The summed E-state index contributed by atoms with van der Waals surface area (Å²) in [5, 5.41) is 6.56. The number of carbonyl (C=O) groups excluding carboxylic acids is 1. The number of hydrogen-bond donors (Lipinski definition) is 2. The van der Waals surface area contributed by atoms with Crippen LogP contribution in [0.3, 0.4) is 0 Å². The van der Waals surface area contributed by atoms with E-state index in [4.69, 9.17) is 21.4 Å². The van der Waals surface area contributed by atoms with Gasteiger partial charge in [-0.3, -0.25) is 5.32 Å². The third kappa shape index (κ3) is 6.64. The van der Waals surface area contributed by atoms with Crippen LogP contribution < -0.4 is 10.6 Å². The molecule has 0 aromatic carbocycles. The Kier molecular flexibility index (Phi) is 7.76. The van der Waals surface area contributed by atoms with E-state index < -0.39 is 0 Å². The van der Waals surface area contributed by atoms with Crippen LogP contribution in [0.4, 0.5) is 10.7 Å². The zero-order chi connectivity index (χ0) is 22.2. The standard InChI is InChI=1S/C20H27N7O3S/c1-4-29-20(28)27-9-7-26(8-10-27)18(24-17-22-14(2)12-15(3)23-17)25-19(31)21-13-16-6-5-11-30-16/h5-6,11-12H,4,7-10,13H2,1-3H3,(H2,21,22,23,24,25,31). The first-order valence-electron chi connectivity index (χ1n) is 10.1. The number of hydrogen-bond acceptors (Lipinski definition) is 6. The Morgan fingerprint density at radius 1 is 1.23 bits per heavy atom. The van der Waals surface area contributed by atoms with Gasteiger partial charge in [-0.2, -0.15) is 4.99 Å². The van der Waals surface area contributed by atoms with E-state index in [1.54, 1.807) is 18.1 Å². The summed E-state index contributed by atoms with van der Waals surface area (Å²) in [7, 11) is 0. The largest absolute Gasteiger partial charge is 0.467 e. The minimum absolute atomic E-state index is 0.302. The highest BCUT2D eigenvalue weighted by Gasteiger charge is 2.24. The Morgan fingerprint density at radius 2 is 1.90 bits per heavy atom. The maximum absolute atomic E-state index is 12.0. The summed E-state index contributed by atoms with van der Waals surface area (Å²) >= 11 is 5.41. The molecule has 2 N–H and O–H groups in total. The van der Waals surface area contributed by atoms with Crippen molar-refractivity contribution >= 4 is 35.3 Å². The van der Waals surface area contributed by atoms with Gasteiger partial charge < -0.3 is 24.3 Å². The zero-order valence-corrected chi connectivity index (χ0v) is 18.7. The smallest absolute Gasteiger partial charge is 0.409 e. The van der Waals surface area contributed by atoms with Crippen molar-refractivity contribution < 1.29 is 13.9 Å². The van der Waals surface area contributed by atoms with Gasteiger partial charge in [0.1, 0.15) is 5.76 Å². The van der Waals surface area contributed by atoms with Crippen molar-refractivity contribution in [3.8, 4) is 0 Å². The van der Waals surface area contributed by atoms with E-state index in [0.29, 0.717) is 56.4 Å². The highest BCUT2D eigenvalue weighted by molar-refractivity contribution is 7.80. The van der Waals surface area contributed by atoms with Crippen molar-refractivity contribution in [3.63, 3.8) is 0 Å². The van der Waals surface area contributed by atoms with Crippen LogP contribution in [0.25, 0.3) is 0 Å². The number of nitrogens with zero attached hydrogens (tertiary/aromatic N) is 5. The molecule has 2 aromatic rings. The third-order valence-corrected chi connectivity index (χ3v) is 4.75. The summed E-state index contributed by atoms with van der Waals surface area (Å²) in [6.45, 7) is 8.55. The molecule has 166 valence electrons. The molecule has 0 aliphatic carbocycles. The Balaban J connectivity index is 1.72. The molecule has 1 aliphatic heterocycles. The molecular formula is C20H27N7O3S. The normalized spacial score (nSPS) is 14.4. The summed E-state index contributed by atoms with van der Waals surface area (Å²) in [5.41, 5.74) is 1.69. The maximum atomic E-state index is 12.0. The van der Waals surface area contributed by atoms with Crippen LogP contribution in [0, 0.1) is 13.8 Å². The first kappa shape index (κ1) is 22.5. The number of nitrogens with one attached hydrogen (secondary N) is 2. The van der Waals surface area contributed by atoms with E-state index >= 15 is 0 Å². The second kappa shape index (κ2) is 10.7. The van der Waals surface area contributed by atoms with Gasteiger partial charge in [-0.15, -0.1) is 0 Å². The topological polar surface area (TPSA) is 108 Å². The third-order valence-electron chi connectivity index (χ3n) is 4.51. The lowest BCUT2D eigenvalue weighted by molar-refractivity contribution is 0.0920. The Labute approximate surface area is 186 Å². The number of furan rings is 1. The number of guanidine groups is 1. The van der Waals surface area contributed by atoms with Crippen LogP contribution in [-0.4, -0.2) is 69.7 Å². The van der Waals surface area contributed by atoms with E-state index in [9.17, 15) is 4.79 Å². The number of carbonyl (C=O) groups is 1. The number of rotatable bonds is 4. The molecule has 0 saturated carbocycles. The van der Waals surface area contributed by atoms with Crippen LogP contribution in [0.1, 0.15) is 24.1 Å². The molecule has 0 radical (unpaired) electrons. The van der Waals surface area contributed by atoms with Crippen molar-refractivity contribution in [2.75, 3.05) is 38.1 Å². The van der Waals surface area contributed by atoms with Gasteiger partial charge in [0.15, 0.2) is 5.11 Å². The number of thiocarbonyl (C=S) groups is 1. The Morgan fingerprint density at radius 3 is 2.52 bits per heavy atom. The summed E-state index contributed by atoms with van der Waals surface area (Å²) in [4.78, 5) is 29.1. The molecule has 0 unspecified atom stereocenters. The number of amides is 1. The van der Waals surface area contributed by atoms with Gasteiger partial charge in [0.05, 0.1) is 19.4 Å². The first-order chi connectivity index (χ1) is 14.9. The fourth-order valence-corrected chi connectivity index (χ4v) is 3.25. The summed E-state index contributed by atoms with van der Waals surface area (Å²) in [5.74, 6) is 1.72. The summed E-state index contributed by atoms with van der Waals surface area (Å²) in [6, 6.07) is 5.57. The number of aromatic nitrogens is 2. The van der Waals surface area contributed by atoms with Crippen LogP contribution in [-0.2, 0) is 11.3 Å². The van der Waals surface area contributed by atoms with Crippen LogP contribution in [0.15, 0.2) is 33.9 Å². The Bertz CT molecular complexity index is 905. The molecule has 1 fully saturated rings. The van der Waals surface area contributed by atoms with E-state index in [0.717, 1.165) is 17.1 Å². The van der Waals surface area contributed by atoms with Crippen LogP contribution >= 0.6 is 12.2 Å². The quantitative estimate of drug-likeness (QED) is 0.416. The minimum Gasteiger partial charge on any atom is -0.467 e. The molecular weight excluding hydrogens is 418 g/mol. The number of aliphatic imine (C=N–C) groups is 1. The molecule has 31 heavy (non-hydrogen) atoms. The average Bonchev–Trinajstić information content (AvgIpc) is 3.25. The highest BCUT2D eigenvalue weighted by atomic mass is 32.1. The maximum Gasteiger partial charge on any atom is 0.409 e. The lowest BCUT2D eigenvalue weighted by atomic mass is 10.3. The minimum atomic E-state index is -0.304. The second-order valence-corrected chi connectivity index (χ2v) is 7.33. The van der Waals surface area contributed by atoms with Gasteiger partial charge in [0.2, 0.25) is 11.9 Å². The fourth-order valence-electron chi connectivity index (χ4n) is 3.09. The molecule has 0 bridgehead atoms. The van der Waals surface area contributed by atoms with Gasteiger partial charge in [0, 0.05) is 37.6 Å². The van der Waals surface area contributed by atoms with Crippen LogP contribution in [0.2, 0.25) is 0 Å². The summed E-state index contributed by atoms with van der Waals surface area (Å²) < 4.78 is 10.4.